The SMILES string of the molecule is CCCc1nnc(CCl)n1CCC. The van der Waals surface area contributed by atoms with Crippen molar-refractivity contribution in [2.45, 2.75) is 45.5 Å². The average molecular weight is 202 g/mol. The van der Waals surface area contributed by atoms with Crippen molar-refractivity contribution in [3.05, 3.63) is 11.6 Å². The Balaban J connectivity index is 2.85. The summed E-state index contributed by atoms with van der Waals surface area (Å²) >= 11 is 5.76. The number of hydrogen-bond acceptors (Lipinski definition) is 2. The Morgan fingerprint density at radius 3 is 2.38 bits per heavy atom. The summed E-state index contributed by atoms with van der Waals surface area (Å²) in [5.74, 6) is 2.42. The molecule has 0 aliphatic carbocycles. The van der Waals surface area contributed by atoms with E-state index in [2.05, 4.69) is 28.6 Å². The van der Waals surface area contributed by atoms with Crippen molar-refractivity contribution in [1.29, 1.82) is 0 Å². The van der Waals surface area contributed by atoms with Gasteiger partial charge in [0.25, 0.3) is 0 Å². The van der Waals surface area contributed by atoms with E-state index in [-0.39, 0.29) is 0 Å². The lowest BCUT2D eigenvalue weighted by Crippen LogP contribution is -2.06. The Hall–Kier alpha value is -0.570. The van der Waals surface area contributed by atoms with Gasteiger partial charge in [0.15, 0.2) is 0 Å². The van der Waals surface area contributed by atoms with Gasteiger partial charge in [-0.1, -0.05) is 13.8 Å². The Kier molecular flexibility index (Phi) is 4.22. The number of hydrogen-bond donors (Lipinski definition) is 0. The molecule has 0 unspecified atom stereocenters. The van der Waals surface area contributed by atoms with E-state index in [1.54, 1.807) is 0 Å². The maximum absolute atomic E-state index is 5.76. The highest BCUT2D eigenvalue weighted by Gasteiger charge is 2.08. The third-order valence-electron chi connectivity index (χ3n) is 1.94. The smallest absolute Gasteiger partial charge is 0.147 e. The molecule has 1 heterocycles. The van der Waals surface area contributed by atoms with Gasteiger partial charge in [0.1, 0.15) is 11.6 Å². The second kappa shape index (κ2) is 5.22. The standard InChI is InChI=1S/C9H16ClN3/c1-3-5-8-11-12-9(7-10)13(8)6-4-2/h3-7H2,1-2H3. The molecule has 1 aromatic heterocycles. The zero-order valence-electron chi connectivity index (χ0n) is 8.26. The van der Waals surface area contributed by atoms with Crippen LogP contribution in [0.5, 0.6) is 0 Å². The Morgan fingerprint density at radius 2 is 1.85 bits per heavy atom. The highest BCUT2D eigenvalue weighted by Crippen LogP contribution is 2.08. The predicted octanol–water partition coefficient (Wildman–Crippen LogP) is 2.38. The van der Waals surface area contributed by atoms with E-state index in [4.69, 9.17) is 11.6 Å². The molecule has 0 radical (unpaired) electrons. The van der Waals surface area contributed by atoms with E-state index in [0.717, 1.165) is 37.5 Å². The van der Waals surface area contributed by atoms with E-state index in [0.29, 0.717) is 5.88 Å². The van der Waals surface area contributed by atoms with Crippen LogP contribution in [0, 0.1) is 0 Å². The Morgan fingerprint density at radius 1 is 1.15 bits per heavy atom. The molecule has 0 bridgehead atoms. The molecule has 0 aliphatic rings. The molecule has 3 nitrogen and oxygen atoms in total. The van der Waals surface area contributed by atoms with E-state index in [9.17, 15) is 0 Å². The normalized spacial score (nSPS) is 10.7. The topological polar surface area (TPSA) is 30.7 Å². The second-order valence-corrected chi connectivity index (χ2v) is 3.33. The van der Waals surface area contributed by atoms with Crippen molar-refractivity contribution in [1.82, 2.24) is 14.8 Å². The van der Waals surface area contributed by atoms with Gasteiger partial charge < -0.3 is 4.57 Å². The predicted molar refractivity (Wildman–Crippen MR) is 53.9 cm³/mol. The number of aromatic nitrogens is 3. The first-order valence-electron chi connectivity index (χ1n) is 4.80. The lowest BCUT2D eigenvalue weighted by atomic mass is 10.3. The van der Waals surface area contributed by atoms with Gasteiger partial charge in [-0.2, -0.15) is 0 Å². The number of halogens is 1. The first kappa shape index (κ1) is 10.5. The average Bonchev–Trinajstić information content (AvgIpc) is 2.50. The summed E-state index contributed by atoms with van der Waals surface area (Å²) in [7, 11) is 0. The summed E-state index contributed by atoms with van der Waals surface area (Å²) in [6, 6.07) is 0. The summed E-state index contributed by atoms with van der Waals surface area (Å²) in [5, 5.41) is 8.18. The Labute approximate surface area is 84.1 Å². The maximum atomic E-state index is 5.76. The van der Waals surface area contributed by atoms with Gasteiger partial charge in [-0.25, -0.2) is 0 Å². The van der Waals surface area contributed by atoms with Crippen LogP contribution in [0.25, 0.3) is 0 Å². The van der Waals surface area contributed by atoms with Crippen LogP contribution in [0.3, 0.4) is 0 Å². The van der Waals surface area contributed by atoms with E-state index in [1.807, 2.05) is 0 Å². The zero-order chi connectivity index (χ0) is 9.68. The summed E-state index contributed by atoms with van der Waals surface area (Å²) in [4.78, 5) is 0. The van der Waals surface area contributed by atoms with Crippen LogP contribution in [0.4, 0.5) is 0 Å². The fourth-order valence-corrected chi connectivity index (χ4v) is 1.56. The monoisotopic (exact) mass is 201 g/mol. The van der Waals surface area contributed by atoms with Crippen molar-refractivity contribution in [2.24, 2.45) is 0 Å². The minimum atomic E-state index is 0.455. The summed E-state index contributed by atoms with van der Waals surface area (Å²) < 4.78 is 2.14. The molecule has 0 aromatic carbocycles. The van der Waals surface area contributed by atoms with Gasteiger partial charge in [0, 0.05) is 13.0 Å². The highest BCUT2D eigenvalue weighted by atomic mass is 35.5. The molecule has 74 valence electrons. The molecule has 4 heteroatoms. The largest absolute Gasteiger partial charge is 0.314 e. The van der Waals surface area contributed by atoms with Gasteiger partial charge >= 0.3 is 0 Å². The van der Waals surface area contributed by atoms with Crippen molar-refractivity contribution in [3.8, 4) is 0 Å². The zero-order valence-corrected chi connectivity index (χ0v) is 9.01. The number of nitrogens with zero attached hydrogens (tertiary/aromatic N) is 3. The minimum absolute atomic E-state index is 0.455. The van der Waals surface area contributed by atoms with Crippen LogP contribution in [0.1, 0.15) is 38.3 Å². The molecule has 0 saturated heterocycles. The van der Waals surface area contributed by atoms with Gasteiger partial charge in [0.05, 0.1) is 5.88 Å². The highest BCUT2D eigenvalue weighted by molar-refractivity contribution is 6.16. The first-order valence-corrected chi connectivity index (χ1v) is 5.33. The summed E-state index contributed by atoms with van der Waals surface area (Å²) in [6.45, 7) is 5.27. The third kappa shape index (κ3) is 2.44. The van der Waals surface area contributed by atoms with Crippen molar-refractivity contribution in [2.75, 3.05) is 0 Å². The fourth-order valence-electron chi connectivity index (χ4n) is 1.36. The van der Waals surface area contributed by atoms with Gasteiger partial charge in [-0.3, -0.25) is 0 Å². The number of aryl methyl sites for hydroxylation is 1. The number of rotatable bonds is 5. The van der Waals surface area contributed by atoms with Crippen LogP contribution >= 0.6 is 11.6 Å². The van der Waals surface area contributed by atoms with Crippen LogP contribution in [0.15, 0.2) is 0 Å². The molecule has 0 amide bonds. The molecule has 13 heavy (non-hydrogen) atoms. The van der Waals surface area contributed by atoms with Gasteiger partial charge in [-0.05, 0) is 12.8 Å². The summed E-state index contributed by atoms with van der Waals surface area (Å²) in [6.07, 6.45) is 3.19. The molecule has 0 saturated carbocycles. The van der Waals surface area contributed by atoms with Crippen molar-refractivity contribution < 1.29 is 0 Å². The Bertz CT molecular complexity index is 257. The van der Waals surface area contributed by atoms with Gasteiger partial charge in [0.2, 0.25) is 0 Å². The van der Waals surface area contributed by atoms with Crippen LogP contribution in [0.2, 0.25) is 0 Å². The maximum Gasteiger partial charge on any atom is 0.147 e. The van der Waals surface area contributed by atoms with E-state index >= 15 is 0 Å². The van der Waals surface area contributed by atoms with Crippen LogP contribution < -0.4 is 0 Å². The molecular weight excluding hydrogens is 186 g/mol. The quantitative estimate of drug-likeness (QED) is 0.685. The molecule has 0 aliphatic heterocycles. The number of alkyl halides is 1. The molecule has 0 fully saturated rings. The van der Waals surface area contributed by atoms with Crippen LogP contribution in [-0.2, 0) is 18.8 Å². The molecular formula is C9H16ClN3. The van der Waals surface area contributed by atoms with Crippen LogP contribution in [-0.4, -0.2) is 14.8 Å². The van der Waals surface area contributed by atoms with Crippen molar-refractivity contribution >= 4 is 11.6 Å². The third-order valence-corrected chi connectivity index (χ3v) is 2.18. The lowest BCUT2D eigenvalue weighted by molar-refractivity contribution is 0.613. The van der Waals surface area contributed by atoms with Gasteiger partial charge in [-0.15, -0.1) is 21.8 Å². The molecule has 1 rings (SSSR count). The molecule has 1 aromatic rings. The first-order chi connectivity index (χ1) is 6.33. The van der Waals surface area contributed by atoms with E-state index < -0.39 is 0 Å². The molecule has 0 atom stereocenters. The molecule has 0 spiro atoms. The fraction of sp³-hybridized carbons (Fsp3) is 0.778. The second-order valence-electron chi connectivity index (χ2n) is 3.07. The summed E-state index contributed by atoms with van der Waals surface area (Å²) in [5.41, 5.74) is 0. The lowest BCUT2D eigenvalue weighted by Gasteiger charge is -2.05. The molecule has 0 N–H and O–H groups in total. The minimum Gasteiger partial charge on any atom is -0.314 e. The van der Waals surface area contributed by atoms with Crippen molar-refractivity contribution in [3.63, 3.8) is 0 Å². The van der Waals surface area contributed by atoms with E-state index in [1.165, 1.54) is 0 Å².